The predicted molar refractivity (Wildman–Crippen MR) is 132 cm³/mol. The van der Waals surface area contributed by atoms with Gasteiger partial charge in [0, 0.05) is 6.42 Å². The number of hydrogen-bond acceptors (Lipinski definition) is 1. The monoisotopic (exact) mass is 428 g/mol. The molecule has 4 aliphatic rings. The lowest BCUT2D eigenvalue weighted by Gasteiger charge is -2.37. The van der Waals surface area contributed by atoms with E-state index in [-0.39, 0.29) is 0 Å². The molecule has 0 amide bonds. The van der Waals surface area contributed by atoms with Gasteiger partial charge in [-0.2, -0.15) is 0 Å². The highest BCUT2D eigenvalue weighted by atomic mass is 16.1. The van der Waals surface area contributed by atoms with Gasteiger partial charge in [0.2, 0.25) is 0 Å². The molecule has 0 aromatic carbocycles. The molecule has 4 fully saturated rings. The lowest BCUT2D eigenvalue weighted by atomic mass is 9.69. The summed E-state index contributed by atoms with van der Waals surface area (Å²) in [7, 11) is 0. The molecule has 0 N–H and O–H groups in total. The van der Waals surface area contributed by atoms with E-state index >= 15 is 0 Å². The molecule has 0 aromatic rings. The second-order valence-corrected chi connectivity index (χ2v) is 12.9. The van der Waals surface area contributed by atoms with Crippen molar-refractivity contribution in [1.29, 1.82) is 0 Å². The van der Waals surface area contributed by atoms with Crippen LogP contribution >= 0.6 is 0 Å². The van der Waals surface area contributed by atoms with Crippen molar-refractivity contribution in [1.82, 2.24) is 0 Å². The van der Waals surface area contributed by atoms with Crippen molar-refractivity contribution in [2.45, 2.75) is 135 Å². The van der Waals surface area contributed by atoms with Crippen molar-refractivity contribution < 1.29 is 4.79 Å². The number of carbonyl (C=O) groups excluding carboxylic acids is 1. The highest BCUT2D eigenvalue weighted by molar-refractivity contribution is 5.49. The average molecular weight is 429 g/mol. The van der Waals surface area contributed by atoms with Crippen LogP contribution in [-0.4, -0.2) is 6.29 Å². The van der Waals surface area contributed by atoms with Crippen LogP contribution in [0.25, 0.3) is 0 Å². The minimum atomic E-state index is 0.714. The number of carbonyl (C=O) groups is 1. The molecule has 0 unspecified atom stereocenters. The van der Waals surface area contributed by atoms with Gasteiger partial charge in [0.25, 0.3) is 0 Å². The quantitative estimate of drug-likeness (QED) is 0.352. The van der Waals surface area contributed by atoms with E-state index in [0.717, 1.165) is 54.1 Å². The van der Waals surface area contributed by atoms with Gasteiger partial charge in [-0.25, -0.2) is 0 Å². The van der Waals surface area contributed by atoms with E-state index < -0.39 is 0 Å². The molecule has 0 aliphatic heterocycles. The third-order valence-corrected chi connectivity index (χ3v) is 10.5. The molecule has 0 radical (unpaired) electrons. The van der Waals surface area contributed by atoms with E-state index in [0.29, 0.717) is 5.92 Å². The lowest BCUT2D eigenvalue weighted by Crippen LogP contribution is -2.24. The van der Waals surface area contributed by atoms with Gasteiger partial charge in [-0.1, -0.05) is 96.8 Å². The van der Waals surface area contributed by atoms with Crippen molar-refractivity contribution >= 4 is 6.29 Å². The Kier molecular flexibility index (Phi) is 9.39. The molecule has 1 nitrogen and oxygen atoms in total. The van der Waals surface area contributed by atoms with Crippen molar-refractivity contribution in [3.63, 3.8) is 0 Å². The second kappa shape index (κ2) is 12.2. The molecule has 0 saturated heterocycles. The van der Waals surface area contributed by atoms with Crippen LogP contribution in [0.2, 0.25) is 0 Å². The topological polar surface area (TPSA) is 17.1 Å². The molecule has 0 atom stereocenters. The molecular formula is C30H52O. The molecule has 0 bridgehead atoms. The molecule has 178 valence electrons. The summed E-state index contributed by atoms with van der Waals surface area (Å²) >= 11 is 0. The summed E-state index contributed by atoms with van der Waals surface area (Å²) < 4.78 is 0. The van der Waals surface area contributed by atoms with E-state index in [1.165, 1.54) is 83.5 Å². The molecule has 1 heteroatoms. The normalized spacial score (nSPS) is 42.2. The Hall–Kier alpha value is -0.330. The standard InChI is InChI=1S/C30H52O/c1-23-2-4-25(5-3-23)20-27-10-12-29(13-11-27)22-30-16-14-28(15-17-30)21-26-8-6-24(7-9-26)18-19-31/h19,23-30H,2-18,20-22H2,1H3. The van der Waals surface area contributed by atoms with Gasteiger partial charge in [-0.15, -0.1) is 0 Å². The Labute approximate surface area is 193 Å². The van der Waals surface area contributed by atoms with Crippen LogP contribution in [0.1, 0.15) is 135 Å². The average Bonchev–Trinajstić information content (AvgIpc) is 2.79. The van der Waals surface area contributed by atoms with Gasteiger partial charge in [0.1, 0.15) is 6.29 Å². The summed E-state index contributed by atoms with van der Waals surface area (Å²) in [5.74, 6) is 8.00. The smallest absolute Gasteiger partial charge is 0.120 e. The van der Waals surface area contributed by atoms with Crippen molar-refractivity contribution in [2.75, 3.05) is 0 Å². The van der Waals surface area contributed by atoms with Crippen molar-refractivity contribution in [2.24, 2.45) is 47.3 Å². The van der Waals surface area contributed by atoms with Gasteiger partial charge in [-0.05, 0) is 79.4 Å². The van der Waals surface area contributed by atoms with Crippen LogP contribution in [-0.2, 0) is 4.79 Å². The lowest BCUT2D eigenvalue weighted by molar-refractivity contribution is -0.108. The van der Waals surface area contributed by atoms with E-state index in [2.05, 4.69) is 6.92 Å². The maximum absolute atomic E-state index is 10.8. The van der Waals surface area contributed by atoms with Crippen LogP contribution in [0, 0.1) is 47.3 Å². The van der Waals surface area contributed by atoms with Crippen molar-refractivity contribution in [3.05, 3.63) is 0 Å². The fraction of sp³-hybridized carbons (Fsp3) is 0.967. The fourth-order valence-corrected chi connectivity index (χ4v) is 8.22. The Balaban J connectivity index is 1.07. The molecule has 4 rings (SSSR count). The summed E-state index contributed by atoms with van der Waals surface area (Å²) in [6, 6.07) is 0. The van der Waals surface area contributed by atoms with Crippen LogP contribution in [0.4, 0.5) is 0 Å². The second-order valence-electron chi connectivity index (χ2n) is 12.9. The Morgan fingerprint density at radius 2 is 0.710 bits per heavy atom. The van der Waals surface area contributed by atoms with E-state index in [9.17, 15) is 4.79 Å². The Morgan fingerprint density at radius 3 is 1.00 bits per heavy atom. The maximum atomic E-state index is 10.8. The summed E-state index contributed by atoms with van der Waals surface area (Å²) in [4.78, 5) is 10.8. The van der Waals surface area contributed by atoms with Crippen LogP contribution in [0.15, 0.2) is 0 Å². The highest BCUT2D eigenvalue weighted by Crippen LogP contribution is 2.43. The first-order valence-electron chi connectivity index (χ1n) is 14.6. The van der Waals surface area contributed by atoms with Crippen LogP contribution < -0.4 is 0 Å². The van der Waals surface area contributed by atoms with E-state index in [1.807, 2.05) is 0 Å². The number of rotatable bonds is 8. The number of aldehydes is 1. The third-order valence-electron chi connectivity index (χ3n) is 10.5. The van der Waals surface area contributed by atoms with Gasteiger partial charge in [-0.3, -0.25) is 0 Å². The zero-order valence-electron chi connectivity index (χ0n) is 20.7. The first kappa shape index (κ1) is 23.8. The van der Waals surface area contributed by atoms with E-state index in [4.69, 9.17) is 0 Å². The molecule has 31 heavy (non-hydrogen) atoms. The molecule has 0 aromatic heterocycles. The van der Waals surface area contributed by atoms with Gasteiger partial charge in [0.05, 0.1) is 0 Å². The minimum Gasteiger partial charge on any atom is -0.303 e. The summed E-state index contributed by atoms with van der Waals surface area (Å²) in [6.45, 7) is 2.46. The Morgan fingerprint density at radius 1 is 0.452 bits per heavy atom. The zero-order chi connectivity index (χ0) is 21.5. The molecule has 0 heterocycles. The largest absolute Gasteiger partial charge is 0.303 e. The molecular weight excluding hydrogens is 376 g/mol. The van der Waals surface area contributed by atoms with E-state index in [1.54, 1.807) is 38.5 Å². The summed E-state index contributed by atoms with van der Waals surface area (Å²) in [5.41, 5.74) is 0. The summed E-state index contributed by atoms with van der Waals surface area (Å²) in [5, 5.41) is 0. The molecule has 4 saturated carbocycles. The van der Waals surface area contributed by atoms with Gasteiger partial charge >= 0.3 is 0 Å². The Bertz CT molecular complexity index is 495. The maximum Gasteiger partial charge on any atom is 0.120 e. The summed E-state index contributed by atoms with van der Waals surface area (Å²) in [6.07, 6.45) is 30.5. The molecule has 0 spiro atoms. The highest BCUT2D eigenvalue weighted by Gasteiger charge is 2.30. The van der Waals surface area contributed by atoms with Gasteiger partial charge < -0.3 is 4.79 Å². The van der Waals surface area contributed by atoms with Gasteiger partial charge in [0.15, 0.2) is 0 Å². The first-order valence-corrected chi connectivity index (χ1v) is 14.6. The molecule has 4 aliphatic carbocycles. The predicted octanol–water partition coefficient (Wildman–Crippen LogP) is 8.99. The first-order chi connectivity index (χ1) is 15.2. The third kappa shape index (κ3) is 7.60. The zero-order valence-corrected chi connectivity index (χ0v) is 20.7. The van der Waals surface area contributed by atoms with Crippen LogP contribution in [0.5, 0.6) is 0 Å². The SMILES string of the molecule is CC1CCC(CC2CCC(CC3CCC(CC4CCC(CC=O)CC4)CC3)CC2)CC1. The minimum absolute atomic E-state index is 0.714. The van der Waals surface area contributed by atoms with Crippen LogP contribution in [0.3, 0.4) is 0 Å². The van der Waals surface area contributed by atoms with Crippen molar-refractivity contribution in [3.8, 4) is 0 Å². The number of hydrogen-bond donors (Lipinski definition) is 0. The fourth-order valence-electron chi connectivity index (χ4n) is 8.22.